The number of primary amides is 1. The van der Waals surface area contributed by atoms with Gasteiger partial charge in [0, 0.05) is 29.1 Å². The smallest absolute Gasteiger partial charge is 0.241 e. The summed E-state index contributed by atoms with van der Waals surface area (Å²) < 4.78 is 0. The number of nitrogens with zero attached hydrogens (tertiary/aromatic N) is 1. The van der Waals surface area contributed by atoms with E-state index in [1.165, 1.54) is 12.5 Å². The van der Waals surface area contributed by atoms with E-state index >= 15 is 0 Å². The van der Waals surface area contributed by atoms with E-state index in [4.69, 9.17) is 5.73 Å². The highest BCUT2D eigenvalue weighted by Crippen LogP contribution is 2.26. The van der Waals surface area contributed by atoms with Crippen LogP contribution in [0.1, 0.15) is 37.7 Å². The molecule has 1 aliphatic carbocycles. The minimum atomic E-state index is -0.505. The van der Waals surface area contributed by atoms with Crippen molar-refractivity contribution in [2.75, 3.05) is 5.32 Å². The number of pyridine rings is 1. The number of nitrogens with one attached hydrogen (secondary N) is 2. The average Bonchev–Trinajstić information content (AvgIpc) is 2.96. The summed E-state index contributed by atoms with van der Waals surface area (Å²) in [5.41, 5.74) is 7.30. The third kappa shape index (κ3) is 3.59. The van der Waals surface area contributed by atoms with Gasteiger partial charge in [-0.05, 0) is 25.0 Å². The number of aromatic amines is 1. The first-order valence-electron chi connectivity index (χ1n) is 7.89. The number of nitrogens with two attached hydrogens (primary N) is 1. The van der Waals surface area contributed by atoms with Crippen LogP contribution in [-0.2, 0) is 9.59 Å². The van der Waals surface area contributed by atoms with Crippen molar-refractivity contribution in [3.63, 3.8) is 0 Å². The molecule has 0 saturated heterocycles. The number of aromatic nitrogens is 2. The second-order valence-electron chi connectivity index (χ2n) is 5.92. The van der Waals surface area contributed by atoms with Crippen LogP contribution in [0.2, 0.25) is 0 Å². The highest BCUT2D eigenvalue weighted by atomic mass is 16.2. The number of carbonyl (C=O) groups excluding carboxylic acids is 2. The molecule has 6 heteroatoms. The molecule has 1 saturated carbocycles. The third-order valence-corrected chi connectivity index (χ3v) is 4.23. The van der Waals surface area contributed by atoms with Crippen LogP contribution in [0, 0.1) is 5.92 Å². The van der Waals surface area contributed by atoms with Crippen LogP contribution >= 0.6 is 0 Å². The Kier molecular flexibility index (Phi) is 4.41. The van der Waals surface area contributed by atoms with E-state index in [2.05, 4.69) is 15.3 Å². The first-order chi connectivity index (χ1) is 11.1. The van der Waals surface area contributed by atoms with Crippen molar-refractivity contribution >= 4 is 34.6 Å². The van der Waals surface area contributed by atoms with Gasteiger partial charge < -0.3 is 16.0 Å². The minimum absolute atomic E-state index is 0.0654. The molecule has 2 aromatic rings. The van der Waals surface area contributed by atoms with E-state index in [1.807, 2.05) is 6.07 Å². The lowest BCUT2D eigenvalue weighted by molar-refractivity contribution is -0.120. The Bertz CT molecular complexity index is 757. The fourth-order valence-corrected chi connectivity index (χ4v) is 3.01. The molecule has 0 unspecified atom stereocenters. The molecule has 4 N–H and O–H groups in total. The van der Waals surface area contributed by atoms with Gasteiger partial charge in [0.05, 0.1) is 11.9 Å². The zero-order chi connectivity index (χ0) is 16.2. The SMILES string of the molecule is NC(=O)C=Cc1c[nH]c2ncc(NC(=O)C3CCCCC3)cc12. The lowest BCUT2D eigenvalue weighted by atomic mass is 9.88. The van der Waals surface area contributed by atoms with Gasteiger partial charge in [0.15, 0.2) is 0 Å². The van der Waals surface area contributed by atoms with E-state index < -0.39 is 5.91 Å². The number of carbonyl (C=O) groups is 2. The quantitative estimate of drug-likeness (QED) is 0.756. The zero-order valence-corrected chi connectivity index (χ0v) is 12.8. The summed E-state index contributed by atoms with van der Waals surface area (Å²) in [6.07, 6.45) is 11.7. The molecule has 2 amide bonds. The lowest BCUT2D eigenvalue weighted by Gasteiger charge is -2.20. The van der Waals surface area contributed by atoms with Gasteiger partial charge in [-0.1, -0.05) is 19.3 Å². The minimum Gasteiger partial charge on any atom is -0.366 e. The number of amides is 2. The predicted octanol–water partition coefficient (Wildman–Crippen LogP) is 2.58. The summed E-state index contributed by atoms with van der Waals surface area (Å²) in [5, 5.41) is 3.79. The van der Waals surface area contributed by atoms with Crippen molar-refractivity contribution in [3.8, 4) is 0 Å². The van der Waals surface area contributed by atoms with Crippen molar-refractivity contribution in [1.29, 1.82) is 0 Å². The van der Waals surface area contributed by atoms with Crippen molar-refractivity contribution in [3.05, 3.63) is 30.1 Å². The largest absolute Gasteiger partial charge is 0.366 e. The van der Waals surface area contributed by atoms with Crippen LogP contribution in [-0.4, -0.2) is 21.8 Å². The molecule has 0 radical (unpaired) electrons. The highest BCUT2D eigenvalue weighted by molar-refractivity contribution is 5.97. The average molecular weight is 312 g/mol. The van der Waals surface area contributed by atoms with Crippen LogP contribution < -0.4 is 11.1 Å². The second-order valence-corrected chi connectivity index (χ2v) is 5.92. The Labute approximate surface area is 134 Å². The maximum Gasteiger partial charge on any atom is 0.241 e. The maximum atomic E-state index is 12.3. The Morgan fingerprint density at radius 2 is 2.09 bits per heavy atom. The lowest BCUT2D eigenvalue weighted by Crippen LogP contribution is -2.24. The molecule has 1 fully saturated rings. The van der Waals surface area contributed by atoms with Crippen LogP contribution in [0.25, 0.3) is 17.1 Å². The molecule has 3 rings (SSSR count). The Hall–Kier alpha value is -2.63. The van der Waals surface area contributed by atoms with Crippen LogP contribution in [0.4, 0.5) is 5.69 Å². The molecule has 120 valence electrons. The topological polar surface area (TPSA) is 101 Å². The molecule has 0 bridgehead atoms. The highest BCUT2D eigenvalue weighted by Gasteiger charge is 2.21. The predicted molar refractivity (Wildman–Crippen MR) is 89.5 cm³/mol. The van der Waals surface area contributed by atoms with Crippen molar-refractivity contribution in [2.45, 2.75) is 32.1 Å². The molecule has 0 aliphatic heterocycles. The maximum absolute atomic E-state index is 12.3. The van der Waals surface area contributed by atoms with Gasteiger partial charge in [0.1, 0.15) is 5.65 Å². The number of anilines is 1. The van der Waals surface area contributed by atoms with Crippen molar-refractivity contribution < 1.29 is 9.59 Å². The van der Waals surface area contributed by atoms with E-state index in [9.17, 15) is 9.59 Å². The fraction of sp³-hybridized carbons (Fsp3) is 0.353. The molecule has 0 atom stereocenters. The Morgan fingerprint density at radius 1 is 1.30 bits per heavy atom. The molecule has 6 nitrogen and oxygen atoms in total. The fourth-order valence-electron chi connectivity index (χ4n) is 3.01. The molecule has 0 spiro atoms. The third-order valence-electron chi connectivity index (χ3n) is 4.23. The van der Waals surface area contributed by atoms with Gasteiger partial charge in [-0.15, -0.1) is 0 Å². The Balaban J connectivity index is 1.80. The van der Waals surface area contributed by atoms with Gasteiger partial charge in [-0.2, -0.15) is 0 Å². The monoisotopic (exact) mass is 312 g/mol. The number of H-pyrrole nitrogens is 1. The van der Waals surface area contributed by atoms with Gasteiger partial charge in [-0.25, -0.2) is 4.98 Å². The van der Waals surface area contributed by atoms with E-state index in [1.54, 1.807) is 18.5 Å². The van der Waals surface area contributed by atoms with Crippen molar-refractivity contribution in [2.24, 2.45) is 11.7 Å². The van der Waals surface area contributed by atoms with Gasteiger partial charge in [0.2, 0.25) is 11.8 Å². The summed E-state index contributed by atoms with van der Waals surface area (Å²) >= 11 is 0. The molecular weight excluding hydrogens is 292 g/mol. The molecule has 23 heavy (non-hydrogen) atoms. The van der Waals surface area contributed by atoms with E-state index in [0.29, 0.717) is 11.3 Å². The van der Waals surface area contributed by atoms with Crippen LogP contribution in [0.3, 0.4) is 0 Å². The summed E-state index contributed by atoms with van der Waals surface area (Å²) in [5.74, 6) is -0.343. The second kappa shape index (κ2) is 6.64. The molecule has 2 heterocycles. The molecule has 1 aliphatic rings. The zero-order valence-electron chi connectivity index (χ0n) is 12.8. The number of fused-ring (bicyclic) bond motifs is 1. The van der Waals surface area contributed by atoms with E-state index in [0.717, 1.165) is 36.6 Å². The van der Waals surface area contributed by atoms with Crippen molar-refractivity contribution in [1.82, 2.24) is 9.97 Å². The summed E-state index contributed by atoms with van der Waals surface area (Å²) in [7, 11) is 0. The number of hydrogen-bond donors (Lipinski definition) is 3. The van der Waals surface area contributed by atoms with Gasteiger partial charge in [-0.3, -0.25) is 9.59 Å². The summed E-state index contributed by atoms with van der Waals surface area (Å²) in [4.78, 5) is 30.5. The van der Waals surface area contributed by atoms with Crippen LogP contribution in [0.5, 0.6) is 0 Å². The summed E-state index contributed by atoms with van der Waals surface area (Å²) in [6, 6.07) is 1.86. The van der Waals surface area contributed by atoms with E-state index in [-0.39, 0.29) is 11.8 Å². The number of rotatable bonds is 4. The normalized spacial score (nSPS) is 16.0. The number of hydrogen-bond acceptors (Lipinski definition) is 3. The summed E-state index contributed by atoms with van der Waals surface area (Å²) in [6.45, 7) is 0. The molecule has 2 aromatic heterocycles. The molecule has 0 aromatic carbocycles. The van der Waals surface area contributed by atoms with Gasteiger partial charge in [0.25, 0.3) is 0 Å². The van der Waals surface area contributed by atoms with Crippen LogP contribution in [0.15, 0.2) is 24.5 Å². The first-order valence-corrected chi connectivity index (χ1v) is 7.89. The van der Waals surface area contributed by atoms with Gasteiger partial charge >= 0.3 is 0 Å². The standard InChI is InChI=1S/C17H20N4O2/c18-15(22)7-6-12-9-19-16-14(12)8-13(10-20-16)21-17(23)11-4-2-1-3-5-11/h6-11H,1-5H2,(H2,18,22)(H,19,20)(H,21,23). The first kappa shape index (κ1) is 15.3. The molecular formula is C17H20N4O2. The Morgan fingerprint density at radius 3 is 2.83 bits per heavy atom.